The molecule has 0 fully saturated rings. The van der Waals surface area contributed by atoms with Crippen LogP contribution in [-0.4, -0.2) is 22.8 Å². The van der Waals surface area contributed by atoms with Gasteiger partial charge in [0, 0.05) is 18.0 Å². The number of nitrogens with one attached hydrogen (secondary N) is 1. The second-order valence-electron chi connectivity index (χ2n) is 4.84. The second kappa shape index (κ2) is 6.56. The van der Waals surface area contributed by atoms with E-state index in [-0.39, 0.29) is 5.89 Å². The monoisotopic (exact) mass is 281 g/mol. The molecule has 6 heteroatoms. The van der Waals surface area contributed by atoms with E-state index in [2.05, 4.69) is 29.4 Å². The summed E-state index contributed by atoms with van der Waals surface area (Å²) in [5.74, 6) is -1.12. The lowest BCUT2D eigenvalue weighted by molar-refractivity contribution is 0.482. The average molecular weight is 281 g/mol. The van der Waals surface area contributed by atoms with Crippen molar-refractivity contribution in [1.29, 1.82) is 0 Å². The molecule has 0 aliphatic rings. The van der Waals surface area contributed by atoms with E-state index in [0.29, 0.717) is 23.9 Å². The van der Waals surface area contributed by atoms with Crippen LogP contribution in [0.25, 0.3) is 11.5 Å². The molecule has 4 nitrogen and oxygen atoms in total. The van der Waals surface area contributed by atoms with Crippen molar-refractivity contribution < 1.29 is 13.2 Å². The van der Waals surface area contributed by atoms with E-state index in [0.717, 1.165) is 25.1 Å². The summed E-state index contributed by atoms with van der Waals surface area (Å²) in [6.07, 6.45) is 1.52. The van der Waals surface area contributed by atoms with Crippen LogP contribution in [0, 0.1) is 11.6 Å². The third kappa shape index (κ3) is 3.84. The van der Waals surface area contributed by atoms with E-state index < -0.39 is 11.6 Å². The van der Waals surface area contributed by atoms with Crippen molar-refractivity contribution in [2.24, 2.45) is 0 Å². The highest BCUT2D eigenvalue weighted by Gasteiger charge is 2.11. The second-order valence-corrected chi connectivity index (χ2v) is 4.84. The van der Waals surface area contributed by atoms with Gasteiger partial charge in [0.15, 0.2) is 11.6 Å². The smallest absolute Gasteiger partial charge is 0.247 e. The molecule has 2 aromatic rings. The number of aryl methyl sites for hydroxylation is 1. The van der Waals surface area contributed by atoms with Gasteiger partial charge in [0.05, 0.1) is 0 Å². The van der Waals surface area contributed by atoms with Gasteiger partial charge in [-0.3, -0.25) is 0 Å². The normalized spacial score (nSPS) is 11.2. The van der Waals surface area contributed by atoms with Crippen LogP contribution in [0.5, 0.6) is 0 Å². The maximum Gasteiger partial charge on any atom is 0.247 e. The van der Waals surface area contributed by atoms with Gasteiger partial charge in [-0.15, -0.1) is 10.2 Å². The first-order chi connectivity index (χ1) is 9.56. The SMILES string of the molecule is CC(C)NCCCc1nnc(-c2ccc(F)c(F)c2)o1. The van der Waals surface area contributed by atoms with Gasteiger partial charge in [-0.05, 0) is 31.2 Å². The van der Waals surface area contributed by atoms with Crippen molar-refractivity contribution in [3.63, 3.8) is 0 Å². The Morgan fingerprint density at radius 3 is 2.70 bits per heavy atom. The summed E-state index contributed by atoms with van der Waals surface area (Å²) in [4.78, 5) is 0. The van der Waals surface area contributed by atoms with E-state index in [1.807, 2.05) is 0 Å². The first-order valence-corrected chi connectivity index (χ1v) is 6.57. The van der Waals surface area contributed by atoms with Crippen molar-refractivity contribution in [3.05, 3.63) is 35.7 Å². The van der Waals surface area contributed by atoms with Gasteiger partial charge in [-0.1, -0.05) is 13.8 Å². The van der Waals surface area contributed by atoms with Gasteiger partial charge in [-0.2, -0.15) is 0 Å². The Balaban J connectivity index is 1.96. The summed E-state index contributed by atoms with van der Waals surface area (Å²) in [7, 11) is 0. The maximum absolute atomic E-state index is 13.1. The Kier molecular flexibility index (Phi) is 4.79. The first-order valence-electron chi connectivity index (χ1n) is 6.57. The fourth-order valence-electron chi connectivity index (χ4n) is 1.73. The van der Waals surface area contributed by atoms with Crippen LogP contribution < -0.4 is 5.32 Å². The molecular formula is C14H17F2N3O. The zero-order chi connectivity index (χ0) is 14.5. The molecule has 0 aliphatic heterocycles. The Morgan fingerprint density at radius 2 is 2.00 bits per heavy atom. The standard InChI is InChI=1S/C14H17F2N3O/c1-9(2)17-7-3-4-13-18-19-14(20-13)10-5-6-11(15)12(16)8-10/h5-6,8-9,17H,3-4,7H2,1-2H3. The summed E-state index contributed by atoms with van der Waals surface area (Å²) in [6.45, 7) is 5.02. The third-order valence-electron chi connectivity index (χ3n) is 2.75. The van der Waals surface area contributed by atoms with Crippen LogP contribution in [0.3, 0.4) is 0 Å². The van der Waals surface area contributed by atoms with E-state index >= 15 is 0 Å². The molecule has 0 aliphatic carbocycles. The summed E-state index contributed by atoms with van der Waals surface area (Å²) in [6, 6.07) is 3.94. The predicted octanol–water partition coefficient (Wildman–Crippen LogP) is 2.95. The molecule has 1 aromatic carbocycles. The first kappa shape index (κ1) is 14.6. The van der Waals surface area contributed by atoms with Gasteiger partial charge < -0.3 is 9.73 Å². The van der Waals surface area contributed by atoms with E-state index in [9.17, 15) is 8.78 Å². The summed E-state index contributed by atoms with van der Waals surface area (Å²) in [5, 5.41) is 11.0. The van der Waals surface area contributed by atoms with Crippen LogP contribution >= 0.6 is 0 Å². The number of halogens is 2. The maximum atomic E-state index is 13.1. The van der Waals surface area contributed by atoms with Crippen molar-refractivity contribution in [3.8, 4) is 11.5 Å². The van der Waals surface area contributed by atoms with E-state index in [4.69, 9.17) is 4.42 Å². The molecule has 1 N–H and O–H groups in total. The number of hydrogen-bond donors (Lipinski definition) is 1. The minimum Gasteiger partial charge on any atom is -0.421 e. The minimum atomic E-state index is -0.927. The van der Waals surface area contributed by atoms with Gasteiger partial charge in [0.2, 0.25) is 11.8 Å². The van der Waals surface area contributed by atoms with Crippen molar-refractivity contribution in [2.45, 2.75) is 32.7 Å². The fraction of sp³-hybridized carbons (Fsp3) is 0.429. The highest BCUT2D eigenvalue weighted by molar-refractivity contribution is 5.52. The van der Waals surface area contributed by atoms with Crippen LogP contribution in [0.1, 0.15) is 26.2 Å². The zero-order valence-electron chi connectivity index (χ0n) is 11.5. The zero-order valence-corrected chi connectivity index (χ0v) is 11.5. The van der Waals surface area contributed by atoms with Crippen LogP contribution in [-0.2, 0) is 6.42 Å². The highest BCUT2D eigenvalue weighted by Crippen LogP contribution is 2.20. The Hall–Kier alpha value is -1.82. The molecular weight excluding hydrogens is 264 g/mol. The lowest BCUT2D eigenvalue weighted by Gasteiger charge is -2.05. The lowest BCUT2D eigenvalue weighted by atomic mass is 10.2. The quantitative estimate of drug-likeness (QED) is 0.827. The Labute approximate surface area is 116 Å². The molecule has 0 amide bonds. The third-order valence-corrected chi connectivity index (χ3v) is 2.75. The van der Waals surface area contributed by atoms with Crippen LogP contribution in [0.2, 0.25) is 0 Å². The molecule has 0 spiro atoms. The molecule has 0 saturated carbocycles. The number of rotatable bonds is 6. The molecule has 0 radical (unpaired) electrons. The van der Waals surface area contributed by atoms with Gasteiger partial charge in [-0.25, -0.2) is 8.78 Å². The predicted molar refractivity (Wildman–Crippen MR) is 71.1 cm³/mol. The number of aromatic nitrogens is 2. The van der Waals surface area contributed by atoms with Gasteiger partial charge >= 0.3 is 0 Å². The van der Waals surface area contributed by atoms with Gasteiger partial charge in [0.1, 0.15) is 0 Å². The topological polar surface area (TPSA) is 51.0 Å². The Bertz CT molecular complexity index is 569. The minimum absolute atomic E-state index is 0.204. The summed E-state index contributed by atoms with van der Waals surface area (Å²) < 4.78 is 31.4. The molecule has 0 unspecified atom stereocenters. The average Bonchev–Trinajstić information content (AvgIpc) is 2.86. The number of nitrogens with zero attached hydrogens (tertiary/aromatic N) is 2. The molecule has 108 valence electrons. The van der Waals surface area contributed by atoms with E-state index in [1.54, 1.807) is 0 Å². The number of benzene rings is 1. The van der Waals surface area contributed by atoms with E-state index in [1.165, 1.54) is 6.07 Å². The number of hydrogen-bond acceptors (Lipinski definition) is 4. The molecule has 20 heavy (non-hydrogen) atoms. The molecule has 0 saturated heterocycles. The van der Waals surface area contributed by atoms with Crippen molar-refractivity contribution in [1.82, 2.24) is 15.5 Å². The van der Waals surface area contributed by atoms with Crippen molar-refractivity contribution in [2.75, 3.05) is 6.54 Å². The molecule has 0 bridgehead atoms. The lowest BCUT2D eigenvalue weighted by Crippen LogP contribution is -2.23. The summed E-state index contributed by atoms with van der Waals surface area (Å²) >= 11 is 0. The molecule has 1 aromatic heterocycles. The molecule has 2 rings (SSSR count). The van der Waals surface area contributed by atoms with Crippen LogP contribution in [0.15, 0.2) is 22.6 Å². The van der Waals surface area contributed by atoms with Crippen LogP contribution in [0.4, 0.5) is 8.78 Å². The summed E-state index contributed by atoms with van der Waals surface area (Å²) in [5.41, 5.74) is 0.378. The van der Waals surface area contributed by atoms with Crippen molar-refractivity contribution >= 4 is 0 Å². The van der Waals surface area contributed by atoms with Gasteiger partial charge in [0.25, 0.3) is 0 Å². The molecule has 1 heterocycles. The Morgan fingerprint density at radius 1 is 1.20 bits per heavy atom. The molecule has 0 atom stereocenters. The highest BCUT2D eigenvalue weighted by atomic mass is 19.2. The fourth-order valence-corrected chi connectivity index (χ4v) is 1.73. The largest absolute Gasteiger partial charge is 0.421 e.